The van der Waals surface area contributed by atoms with Crippen LogP contribution in [-0.2, 0) is 16.9 Å². The number of hydrogen-bond donors (Lipinski definition) is 1. The molecule has 2 saturated heterocycles. The number of nitrogens with zero attached hydrogens (tertiary/aromatic N) is 1. The Balaban J connectivity index is 1.44. The molecule has 0 saturated carbocycles. The summed E-state index contributed by atoms with van der Waals surface area (Å²) in [6.07, 6.45) is -0.492. The molecule has 2 bridgehead atoms. The number of rotatable bonds is 4. The minimum atomic E-state index is -2.53. The Morgan fingerprint density at radius 2 is 1.68 bits per heavy atom. The second-order valence-electron chi connectivity index (χ2n) is 7.69. The molecule has 2 aromatic rings. The lowest BCUT2D eigenvalue weighted by molar-refractivity contribution is -0.0537. The van der Waals surface area contributed by atoms with Gasteiger partial charge >= 0.3 is 6.09 Å². The van der Waals surface area contributed by atoms with Gasteiger partial charge < -0.3 is 14.7 Å². The number of alkyl halides is 2. The number of carbonyl (C=O) groups excluding carboxylic acids is 1. The van der Waals surface area contributed by atoms with Crippen LogP contribution >= 0.6 is 0 Å². The number of aliphatic hydroxyl groups is 1. The zero-order chi connectivity index (χ0) is 19.7. The van der Waals surface area contributed by atoms with E-state index in [2.05, 4.69) is 0 Å². The maximum Gasteiger partial charge on any atom is 0.410 e. The van der Waals surface area contributed by atoms with E-state index in [1.807, 2.05) is 30.3 Å². The zero-order valence-corrected chi connectivity index (χ0v) is 15.4. The molecule has 2 aromatic carbocycles. The minimum Gasteiger partial charge on any atom is -0.445 e. The number of halogens is 2. The summed E-state index contributed by atoms with van der Waals surface area (Å²) in [5.74, 6) is 0. The third-order valence-corrected chi connectivity index (χ3v) is 5.88. The highest BCUT2D eigenvalue weighted by molar-refractivity contribution is 5.69. The molecule has 2 atom stereocenters. The Morgan fingerprint density at radius 3 is 2.25 bits per heavy atom. The molecule has 4 nitrogen and oxygen atoms in total. The van der Waals surface area contributed by atoms with Crippen LogP contribution in [-0.4, -0.2) is 28.2 Å². The van der Waals surface area contributed by atoms with Gasteiger partial charge in [-0.3, -0.25) is 0 Å². The predicted octanol–water partition coefficient (Wildman–Crippen LogP) is 4.78. The normalized spacial score (nSPS) is 26.5. The molecule has 1 amide bonds. The fraction of sp³-hybridized carbons (Fsp3) is 0.409. The largest absolute Gasteiger partial charge is 0.445 e. The van der Waals surface area contributed by atoms with Crippen LogP contribution in [0, 0.1) is 0 Å². The lowest BCUT2D eigenvalue weighted by atomic mass is 9.80. The van der Waals surface area contributed by atoms with Gasteiger partial charge in [0.1, 0.15) is 6.61 Å². The summed E-state index contributed by atoms with van der Waals surface area (Å²) in [6, 6.07) is 15.2. The summed E-state index contributed by atoms with van der Waals surface area (Å²) in [5, 5.41) is 11.2. The van der Waals surface area contributed by atoms with Crippen LogP contribution in [0.4, 0.5) is 13.6 Å². The standard InChI is InChI=1S/C22H23F2NO3/c23-20(24)16-6-8-17(9-7-16)22(27)12-18-10-11-19(13-22)25(18)21(26)28-14-15-4-2-1-3-5-15/h1-9,18-20,27H,10-14H2. The Bertz CT molecular complexity index is 811. The fourth-order valence-electron chi connectivity index (χ4n) is 4.49. The molecule has 0 aliphatic carbocycles. The van der Waals surface area contributed by atoms with Gasteiger partial charge in [-0.05, 0) is 24.0 Å². The van der Waals surface area contributed by atoms with E-state index < -0.39 is 12.0 Å². The average Bonchev–Trinajstić information content (AvgIpc) is 2.99. The fourth-order valence-corrected chi connectivity index (χ4v) is 4.49. The molecular formula is C22H23F2NO3. The van der Waals surface area contributed by atoms with Crippen LogP contribution in [0.15, 0.2) is 54.6 Å². The quantitative estimate of drug-likeness (QED) is 0.822. The van der Waals surface area contributed by atoms with Crippen molar-refractivity contribution in [2.24, 2.45) is 0 Å². The molecule has 0 spiro atoms. The summed E-state index contributed by atoms with van der Waals surface area (Å²) >= 11 is 0. The highest BCUT2D eigenvalue weighted by Gasteiger charge is 2.50. The van der Waals surface area contributed by atoms with E-state index in [1.165, 1.54) is 12.1 Å². The van der Waals surface area contributed by atoms with E-state index in [9.17, 15) is 18.7 Å². The van der Waals surface area contributed by atoms with Crippen LogP contribution in [0.1, 0.15) is 48.8 Å². The lowest BCUT2D eigenvalue weighted by Gasteiger charge is -2.43. The maximum atomic E-state index is 12.8. The Labute approximate surface area is 162 Å². The lowest BCUT2D eigenvalue weighted by Crippen LogP contribution is -2.52. The van der Waals surface area contributed by atoms with Crippen molar-refractivity contribution in [2.75, 3.05) is 0 Å². The first kappa shape index (κ1) is 18.9. The summed E-state index contributed by atoms with van der Waals surface area (Å²) in [4.78, 5) is 14.4. The second-order valence-corrected chi connectivity index (χ2v) is 7.69. The number of carbonyl (C=O) groups is 1. The minimum absolute atomic E-state index is 0.0581. The van der Waals surface area contributed by atoms with Crippen molar-refractivity contribution in [3.05, 3.63) is 71.3 Å². The van der Waals surface area contributed by atoms with E-state index in [1.54, 1.807) is 17.0 Å². The first-order valence-corrected chi connectivity index (χ1v) is 9.56. The molecule has 2 fully saturated rings. The van der Waals surface area contributed by atoms with E-state index >= 15 is 0 Å². The predicted molar refractivity (Wildman–Crippen MR) is 99.8 cm³/mol. The Kier molecular flexibility index (Phi) is 5.06. The molecule has 1 N–H and O–H groups in total. The van der Waals surface area contributed by atoms with E-state index in [4.69, 9.17) is 4.74 Å². The number of amides is 1. The molecule has 28 heavy (non-hydrogen) atoms. The topological polar surface area (TPSA) is 49.8 Å². The summed E-state index contributed by atoms with van der Waals surface area (Å²) in [5.41, 5.74) is 0.391. The van der Waals surface area contributed by atoms with Gasteiger partial charge in [-0.15, -0.1) is 0 Å². The first-order chi connectivity index (χ1) is 13.5. The Morgan fingerprint density at radius 1 is 1.07 bits per heavy atom. The average molecular weight is 387 g/mol. The Hall–Kier alpha value is -2.47. The van der Waals surface area contributed by atoms with Gasteiger partial charge in [0.25, 0.3) is 6.43 Å². The van der Waals surface area contributed by atoms with Crippen LogP contribution in [0.2, 0.25) is 0 Å². The van der Waals surface area contributed by atoms with Crippen molar-refractivity contribution < 1.29 is 23.4 Å². The number of benzene rings is 2. The van der Waals surface area contributed by atoms with Crippen molar-refractivity contribution in [3.63, 3.8) is 0 Å². The number of fused-ring (bicyclic) bond motifs is 2. The number of ether oxygens (including phenoxy) is 1. The van der Waals surface area contributed by atoms with Gasteiger partial charge in [-0.1, -0.05) is 54.6 Å². The van der Waals surface area contributed by atoms with Crippen molar-refractivity contribution in [1.82, 2.24) is 4.90 Å². The molecular weight excluding hydrogens is 364 g/mol. The third-order valence-electron chi connectivity index (χ3n) is 5.88. The van der Waals surface area contributed by atoms with Crippen molar-refractivity contribution >= 4 is 6.09 Å². The highest BCUT2D eigenvalue weighted by atomic mass is 19.3. The monoisotopic (exact) mass is 387 g/mol. The van der Waals surface area contributed by atoms with Gasteiger partial charge in [0, 0.05) is 30.5 Å². The number of hydrogen-bond acceptors (Lipinski definition) is 3. The second kappa shape index (κ2) is 7.51. The van der Waals surface area contributed by atoms with Crippen LogP contribution in [0.3, 0.4) is 0 Å². The molecule has 0 radical (unpaired) electrons. The molecule has 2 aliphatic heterocycles. The first-order valence-electron chi connectivity index (χ1n) is 9.56. The van der Waals surface area contributed by atoms with E-state index in [-0.39, 0.29) is 30.3 Å². The van der Waals surface area contributed by atoms with Gasteiger partial charge in [0.2, 0.25) is 0 Å². The summed E-state index contributed by atoms with van der Waals surface area (Å²) < 4.78 is 31.1. The van der Waals surface area contributed by atoms with E-state index in [0.29, 0.717) is 18.4 Å². The molecule has 2 heterocycles. The molecule has 6 heteroatoms. The highest BCUT2D eigenvalue weighted by Crippen LogP contribution is 2.46. The van der Waals surface area contributed by atoms with Gasteiger partial charge in [-0.2, -0.15) is 0 Å². The van der Waals surface area contributed by atoms with E-state index in [0.717, 1.165) is 18.4 Å². The number of piperidine rings is 1. The summed E-state index contributed by atoms with van der Waals surface area (Å²) in [7, 11) is 0. The molecule has 2 aliphatic rings. The van der Waals surface area contributed by atoms with Crippen LogP contribution in [0.5, 0.6) is 0 Å². The van der Waals surface area contributed by atoms with Crippen molar-refractivity contribution in [1.29, 1.82) is 0 Å². The molecule has 0 aromatic heterocycles. The SMILES string of the molecule is O=C(OCc1ccccc1)N1C2CCC1CC(O)(c1ccc(C(F)F)cc1)C2. The van der Waals surface area contributed by atoms with Gasteiger partial charge in [0.05, 0.1) is 5.60 Å². The maximum absolute atomic E-state index is 12.8. The van der Waals surface area contributed by atoms with Crippen molar-refractivity contribution in [3.8, 4) is 0 Å². The molecule has 2 unspecified atom stereocenters. The smallest absolute Gasteiger partial charge is 0.410 e. The third kappa shape index (κ3) is 3.61. The van der Waals surface area contributed by atoms with Crippen LogP contribution < -0.4 is 0 Å². The van der Waals surface area contributed by atoms with Crippen LogP contribution in [0.25, 0.3) is 0 Å². The van der Waals surface area contributed by atoms with Gasteiger partial charge in [0.15, 0.2) is 0 Å². The summed E-state index contributed by atoms with van der Waals surface area (Å²) in [6.45, 7) is 0.217. The van der Waals surface area contributed by atoms with Gasteiger partial charge in [-0.25, -0.2) is 13.6 Å². The zero-order valence-electron chi connectivity index (χ0n) is 15.4. The molecule has 4 rings (SSSR count). The van der Waals surface area contributed by atoms with Crippen molar-refractivity contribution in [2.45, 2.75) is 56.4 Å². The molecule has 148 valence electrons.